The van der Waals surface area contributed by atoms with Gasteiger partial charge in [-0.15, -0.1) is 22.7 Å². The zero-order chi connectivity index (χ0) is 11.5. The maximum Gasteiger partial charge on any atom is 0.347 e. The topological polar surface area (TPSA) is 63.1 Å². The first-order valence-electron chi connectivity index (χ1n) is 4.84. The fourth-order valence-corrected chi connectivity index (χ4v) is 2.88. The summed E-state index contributed by atoms with van der Waals surface area (Å²) >= 11 is 2.68. The van der Waals surface area contributed by atoms with E-state index < -0.39 is 5.97 Å². The predicted octanol–water partition coefficient (Wildman–Crippen LogP) is 2.92. The van der Waals surface area contributed by atoms with Gasteiger partial charge in [0.25, 0.3) is 0 Å². The molecule has 0 radical (unpaired) electrons. The minimum Gasteiger partial charge on any atom is -0.477 e. The summed E-state index contributed by atoms with van der Waals surface area (Å²) < 4.78 is 0. The van der Waals surface area contributed by atoms with Crippen molar-refractivity contribution in [1.29, 1.82) is 0 Å². The van der Waals surface area contributed by atoms with E-state index in [1.807, 2.05) is 12.3 Å². The number of carboxylic acid groups (broad SMARTS) is 1. The van der Waals surface area contributed by atoms with E-state index in [1.54, 1.807) is 5.51 Å². The second-order valence-corrected chi connectivity index (χ2v) is 4.94. The van der Waals surface area contributed by atoms with E-state index in [2.05, 4.69) is 9.97 Å². The molecule has 0 fully saturated rings. The number of rotatable bonds is 4. The van der Waals surface area contributed by atoms with Gasteiger partial charge in [0.2, 0.25) is 0 Å². The Hall–Kier alpha value is -1.27. The van der Waals surface area contributed by atoms with Gasteiger partial charge >= 0.3 is 5.97 Å². The summed E-state index contributed by atoms with van der Waals surface area (Å²) in [6.45, 7) is 2.01. The molecule has 0 aliphatic carbocycles. The summed E-state index contributed by atoms with van der Waals surface area (Å²) in [5.41, 5.74) is 3.15. The molecular formula is C10H10N2O2S2. The lowest BCUT2D eigenvalue weighted by atomic mass is 10.2. The molecule has 0 amide bonds. The zero-order valence-corrected chi connectivity index (χ0v) is 10.3. The third-order valence-corrected chi connectivity index (χ3v) is 3.72. The standard InChI is InChI=1S/C10H10N2O2S2/c1-2-3-6-8(10(13)14)16-9(12-6)7-4-15-5-11-7/h4-5H,2-3H2,1H3,(H,13,14). The van der Waals surface area contributed by atoms with Crippen molar-refractivity contribution in [3.05, 3.63) is 21.5 Å². The molecule has 0 aliphatic heterocycles. The van der Waals surface area contributed by atoms with Gasteiger partial charge in [0, 0.05) is 5.38 Å². The molecule has 2 aromatic heterocycles. The molecule has 0 unspecified atom stereocenters. The molecule has 2 heterocycles. The van der Waals surface area contributed by atoms with Gasteiger partial charge in [0.1, 0.15) is 15.6 Å². The molecule has 0 atom stereocenters. The molecule has 16 heavy (non-hydrogen) atoms. The normalized spacial score (nSPS) is 10.6. The molecule has 6 heteroatoms. The lowest BCUT2D eigenvalue weighted by Gasteiger charge is -1.92. The summed E-state index contributed by atoms with van der Waals surface area (Å²) in [7, 11) is 0. The van der Waals surface area contributed by atoms with Crippen LogP contribution in [0.5, 0.6) is 0 Å². The molecule has 0 aromatic carbocycles. The highest BCUT2D eigenvalue weighted by Gasteiger charge is 2.18. The third-order valence-electron chi connectivity index (χ3n) is 2.03. The van der Waals surface area contributed by atoms with Gasteiger partial charge in [-0.05, 0) is 6.42 Å². The number of hydrogen-bond acceptors (Lipinski definition) is 5. The first kappa shape index (κ1) is 11.2. The van der Waals surface area contributed by atoms with Gasteiger partial charge in [0.15, 0.2) is 0 Å². The van der Waals surface area contributed by atoms with Crippen LogP contribution < -0.4 is 0 Å². The lowest BCUT2D eigenvalue weighted by Crippen LogP contribution is -1.98. The molecule has 2 rings (SSSR count). The monoisotopic (exact) mass is 254 g/mol. The molecular weight excluding hydrogens is 244 g/mol. The average Bonchev–Trinajstić information content (AvgIpc) is 2.83. The molecule has 2 aromatic rings. The van der Waals surface area contributed by atoms with Gasteiger partial charge in [-0.25, -0.2) is 14.8 Å². The molecule has 1 N–H and O–H groups in total. The maximum absolute atomic E-state index is 11.0. The van der Waals surface area contributed by atoms with Crippen LogP contribution in [0.1, 0.15) is 28.7 Å². The maximum atomic E-state index is 11.0. The van der Waals surface area contributed by atoms with Crippen molar-refractivity contribution < 1.29 is 9.90 Å². The van der Waals surface area contributed by atoms with Crippen LogP contribution in [0.15, 0.2) is 10.9 Å². The minimum atomic E-state index is -0.901. The minimum absolute atomic E-state index is 0.338. The van der Waals surface area contributed by atoms with Crippen molar-refractivity contribution in [2.75, 3.05) is 0 Å². The van der Waals surface area contributed by atoms with Gasteiger partial charge in [-0.1, -0.05) is 13.3 Å². The summed E-state index contributed by atoms with van der Waals surface area (Å²) in [6.07, 6.45) is 1.59. The predicted molar refractivity (Wildman–Crippen MR) is 64.2 cm³/mol. The van der Waals surface area contributed by atoms with Crippen LogP contribution in [0.2, 0.25) is 0 Å². The molecule has 0 bridgehead atoms. The fourth-order valence-electron chi connectivity index (χ4n) is 1.35. The lowest BCUT2D eigenvalue weighted by molar-refractivity contribution is 0.0700. The molecule has 4 nitrogen and oxygen atoms in total. The Morgan fingerprint density at radius 3 is 2.94 bits per heavy atom. The van der Waals surface area contributed by atoms with Crippen LogP contribution >= 0.6 is 22.7 Å². The second kappa shape index (κ2) is 4.71. The number of carboxylic acids is 1. The van der Waals surface area contributed by atoms with Crippen molar-refractivity contribution in [1.82, 2.24) is 9.97 Å². The highest BCUT2D eigenvalue weighted by atomic mass is 32.1. The number of thiazole rings is 2. The molecule has 0 aliphatic rings. The van der Waals surface area contributed by atoms with Crippen LogP contribution in [-0.4, -0.2) is 21.0 Å². The SMILES string of the molecule is CCCc1nc(-c2cscn2)sc1C(=O)O. The van der Waals surface area contributed by atoms with Crippen LogP contribution in [0, 0.1) is 0 Å². The number of aryl methyl sites for hydroxylation is 1. The second-order valence-electron chi connectivity index (χ2n) is 3.22. The molecule has 0 saturated heterocycles. The van der Waals surface area contributed by atoms with Gasteiger partial charge < -0.3 is 5.11 Å². The van der Waals surface area contributed by atoms with E-state index in [0.29, 0.717) is 22.0 Å². The molecule has 0 spiro atoms. The number of aromatic nitrogens is 2. The number of aromatic carboxylic acids is 1. The van der Waals surface area contributed by atoms with Gasteiger partial charge in [-0.3, -0.25) is 0 Å². The van der Waals surface area contributed by atoms with Crippen molar-refractivity contribution in [2.45, 2.75) is 19.8 Å². The van der Waals surface area contributed by atoms with Gasteiger partial charge in [0.05, 0.1) is 11.2 Å². The van der Waals surface area contributed by atoms with Crippen molar-refractivity contribution >= 4 is 28.6 Å². The number of carbonyl (C=O) groups is 1. The number of nitrogens with zero attached hydrogens (tertiary/aromatic N) is 2. The van der Waals surface area contributed by atoms with E-state index in [1.165, 1.54) is 22.7 Å². The highest BCUT2D eigenvalue weighted by molar-refractivity contribution is 7.17. The Labute approximate surface area is 101 Å². The Kier molecular flexibility index (Phi) is 3.31. The Balaban J connectivity index is 2.42. The zero-order valence-electron chi connectivity index (χ0n) is 8.64. The Morgan fingerprint density at radius 1 is 1.56 bits per heavy atom. The Bertz CT molecular complexity index is 491. The summed E-state index contributed by atoms with van der Waals surface area (Å²) in [4.78, 5) is 19.8. The average molecular weight is 254 g/mol. The van der Waals surface area contributed by atoms with Crippen LogP contribution in [0.25, 0.3) is 10.7 Å². The van der Waals surface area contributed by atoms with E-state index in [4.69, 9.17) is 5.11 Å². The van der Waals surface area contributed by atoms with Crippen molar-refractivity contribution in [3.8, 4) is 10.7 Å². The first-order chi connectivity index (χ1) is 7.72. The summed E-state index contributed by atoms with van der Waals surface area (Å²) in [5.74, 6) is -0.901. The summed E-state index contributed by atoms with van der Waals surface area (Å²) in [6, 6.07) is 0. The quantitative estimate of drug-likeness (QED) is 0.911. The summed E-state index contributed by atoms with van der Waals surface area (Å²) in [5, 5.41) is 11.6. The fraction of sp³-hybridized carbons (Fsp3) is 0.300. The Morgan fingerprint density at radius 2 is 2.38 bits per heavy atom. The van der Waals surface area contributed by atoms with E-state index in [-0.39, 0.29) is 0 Å². The first-order valence-corrected chi connectivity index (χ1v) is 6.60. The van der Waals surface area contributed by atoms with E-state index >= 15 is 0 Å². The highest BCUT2D eigenvalue weighted by Crippen LogP contribution is 2.28. The van der Waals surface area contributed by atoms with Crippen LogP contribution in [0.3, 0.4) is 0 Å². The van der Waals surface area contributed by atoms with Crippen LogP contribution in [-0.2, 0) is 6.42 Å². The van der Waals surface area contributed by atoms with Gasteiger partial charge in [-0.2, -0.15) is 0 Å². The van der Waals surface area contributed by atoms with Crippen molar-refractivity contribution in [2.24, 2.45) is 0 Å². The molecule has 84 valence electrons. The number of hydrogen-bond donors (Lipinski definition) is 1. The third kappa shape index (κ3) is 2.12. The van der Waals surface area contributed by atoms with Crippen molar-refractivity contribution in [3.63, 3.8) is 0 Å². The molecule has 0 saturated carbocycles. The van der Waals surface area contributed by atoms with Crippen LogP contribution in [0.4, 0.5) is 0 Å². The largest absolute Gasteiger partial charge is 0.477 e. The smallest absolute Gasteiger partial charge is 0.347 e. The van der Waals surface area contributed by atoms with E-state index in [0.717, 1.165) is 12.1 Å². The van der Waals surface area contributed by atoms with E-state index in [9.17, 15) is 4.79 Å².